The van der Waals surface area contributed by atoms with Crippen LogP contribution in [0, 0.1) is 0 Å². The molecule has 3 rings (SSSR count). The van der Waals surface area contributed by atoms with E-state index >= 15 is 0 Å². The average molecular weight is 291 g/mol. The molecule has 0 radical (unpaired) electrons. The second-order valence-corrected chi connectivity index (χ2v) is 6.29. The largest absolute Gasteiger partial charge is 0.339 e. The molecule has 1 fully saturated rings. The number of aromatic nitrogens is 3. The van der Waals surface area contributed by atoms with E-state index < -0.39 is 0 Å². The molecule has 1 aromatic heterocycles. The minimum atomic E-state index is -0.0641. The Kier molecular flexibility index (Phi) is 3.97. The maximum absolute atomic E-state index is 12.4. The molecular weight excluding hydrogens is 266 g/mol. The fraction of sp³-hybridized carbons (Fsp3) is 0.800. The Morgan fingerprint density at radius 1 is 1.29 bits per heavy atom. The minimum absolute atomic E-state index is 0.0641. The SMILES string of the molecule is CCc1nc2n(n1)CCC[C@@H]2N[C@@H]1CCN(C(C)C)C1=O. The number of nitrogens with one attached hydrogen (secondary N) is 1. The number of fused-ring (bicyclic) bond motifs is 1. The fourth-order valence-corrected chi connectivity index (χ4v) is 3.32. The first-order valence-electron chi connectivity index (χ1n) is 8.10. The first kappa shape index (κ1) is 14.5. The van der Waals surface area contributed by atoms with Crippen LogP contribution in [0.4, 0.5) is 0 Å². The third-order valence-corrected chi connectivity index (χ3v) is 4.50. The smallest absolute Gasteiger partial charge is 0.240 e. The van der Waals surface area contributed by atoms with Gasteiger partial charge in [0.2, 0.25) is 5.91 Å². The number of nitrogens with zero attached hydrogens (tertiary/aromatic N) is 4. The lowest BCUT2D eigenvalue weighted by atomic mass is 10.1. The Labute approximate surface area is 125 Å². The van der Waals surface area contributed by atoms with E-state index in [0.717, 1.165) is 50.4 Å². The van der Waals surface area contributed by atoms with Crippen LogP contribution >= 0.6 is 0 Å². The molecule has 1 saturated heterocycles. The van der Waals surface area contributed by atoms with Crippen LogP contribution in [-0.4, -0.2) is 44.2 Å². The van der Waals surface area contributed by atoms with Crippen molar-refractivity contribution in [3.63, 3.8) is 0 Å². The number of aryl methyl sites for hydroxylation is 2. The zero-order valence-corrected chi connectivity index (χ0v) is 13.2. The molecule has 0 aliphatic carbocycles. The van der Waals surface area contributed by atoms with Crippen LogP contribution in [0.1, 0.15) is 57.7 Å². The van der Waals surface area contributed by atoms with Crippen molar-refractivity contribution < 1.29 is 4.79 Å². The van der Waals surface area contributed by atoms with Crippen molar-refractivity contribution in [2.24, 2.45) is 0 Å². The van der Waals surface area contributed by atoms with Crippen molar-refractivity contribution in [1.29, 1.82) is 0 Å². The summed E-state index contributed by atoms with van der Waals surface area (Å²) < 4.78 is 2.01. The second kappa shape index (κ2) is 5.75. The van der Waals surface area contributed by atoms with Crippen LogP contribution in [-0.2, 0) is 17.8 Å². The average Bonchev–Trinajstić information content (AvgIpc) is 3.03. The van der Waals surface area contributed by atoms with Crippen molar-refractivity contribution in [3.8, 4) is 0 Å². The lowest BCUT2D eigenvalue weighted by Crippen LogP contribution is -2.43. The quantitative estimate of drug-likeness (QED) is 0.907. The van der Waals surface area contributed by atoms with E-state index in [0.29, 0.717) is 0 Å². The van der Waals surface area contributed by atoms with Crippen LogP contribution in [0.2, 0.25) is 0 Å². The molecular formula is C15H25N5O. The van der Waals surface area contributed by atoms with Gasteiger partial charge in [-0.25, -0.2) is 9.67 Å². The molecule has 1 N–H and O–H groups in total. The Balaban J connectivity index is 1.72. The number of rotatable bonds is 4. The van der Waals surface area contributed by atoms with Gasteiger partial charge in [-0.05, 0) is 33.1 Å². The fourth-order valence-electron chi connectivity index (χ4n) is 3.32. The summed E-state index contributed by atoms with van der Waals surface area (Å²) in [4.78, 5) is 19.0. The number of likely N-dealkylation sites (tertiary alicyclic amines) is 1. The maximum Gasteiger partial charge on any atom is 0.240 e. The third-order valence-electron chi connectivity index (χ3n) is 4.50. The van der Waals surface area contributed by atoms with Crippen molar-refractivity contribution in [3.05, 3.63) is 11.6 Å². The molecule has 3 heterocycles. The van der Waals surface area contributed by atoms with Crippen molar-refractivity contribution in [1.82, 2.24) is 25.0 Å². The molecule has 0 unspecified atom stereocenters. The molecule has 0 saturated carbocycles. The number of carbonyl (C=O) groups is 1. The zero-order valence-electron chi connectivity index (χ0n) is 13.2. The Hall–Kier alpha value is -1.43. The van der Waals surface area contributed by atoms with Gasteiger partial charge in [0.25, 0.3) is 0 Å². The highest BCUT2D eigenvalue weighted by Gasteiger charge is 2.36. The van der Waals surface area contributed by atoms with Gasteiger partial charge in [-0.3, -0.25) is 10.1 Å². The molecule has 0 spiro atoms. The van der Waals surface area contributed by atoms with E-state index in [2.05, 4.69) is 36.2 Å². The Morgan fingerprint density at radius 2 is 2.10 bits per heavy atom. The number of carbonyl (C=O) groups excluding carboxylic acids is 1. The van der Waals surface area contributed by atoms with Gasteiger partial charge in [-0.2, -0.15) is 5.10 Å². The molecule has 2 aliphatic rings. The van der Waals surface area contributed by atoms with Crippen LogP contribution in [0.25, 0.3) is 0 Å². The Bertz CT molecular complexity index is 524. The normalized spacial score (nSPS) is 25.7. The number of amides is 1. The minimum Gasteiger partial charge on any atom is -0.339 e. The predicted molar refractivity (Wildman–Crippen MR) is 79.8 cm³/mol. The molecule has 0 bridgehead atoms. The van der Waals surface area contributed by atoms with E-state index in [4.69, 9.17) is 0 Å². The summed E-state index contributed by atoms with van der Waals surface area (Å²) >= 11 is 0. The molecule has 1 aromatic rings. The monoisotopic (exact) mass is 291 g/mol. The van der Waals surface area contributed by atoms with E-state index in [9.17, 15) is 4.79 Å². The van der Waals surface area contributed by atoms with E-state index in [1.807, 2.05) is 9.58 Å². The van der Waals surface area contributed by atoms with E-state index in [1.54, 1.807) is 0 Å². The van der Waals surface area contributed by atoms with Crippen LogP contribution in [0.3, 0.4) is 0 Å². The van der Waals surface area contributed by atoms with Crippen molar-refractivity contribution in [2.75, 3.05) is 6.54 Å². The second-order valence-electron chi connectivity index (χ2n) is 6.29. The third kappa shape index (κ3) is 2.69. The van der Waals surface area contributed by atoms with Crippen LogP contribution < -0.4 is 5.32 Å². The molecule has 21 heavy (non-hydrogen) atoms. The molecule has 116 valence electrons. The highest BCUT2D eigenvalue weighted by Crippen LogP contribution is 2.26. The lowest BCUT2D eigenvalue weighted by Gasteiger charge is -2.26. The van der Waals surface area contributed by atoms with Gasteiger partial charge in [0.05, 0.1) is 12.1 Å². The molecule has 1 amide bonds. The van der Waals surface area contributed by atoms with E-state index in [1.165, 1.54) is 0 Å². The maximum atomic E-state index is 12.4. The van der Waals surface area contributed by atoms with E-state index in [-0.39, 0.29) is 24.0 Å². The topological polar surface area (TPSA) is 63.1 Å². The standard InChI is InChI=1S/C15H25N5O/c1-4-13-17-14-11(6-5-8-20(14)18-13)16-12-7-9-19(10(2)3)15(12)21/h10-12,16H,4-9H2,1-3H3/t11-,12+/m0/s1. The summed E-state index contributed by atoms with van der Waals surface area (Å²) in [5, 5.41) is 8.06. The number of hydrogen-bond acceptors (Lipinski definition) is 4. The summed E-state index contributed by atoms with van der Waals surface area (Å²) in [5.41, 5.74) is 0. The lowest BCUT2D eigenvalue weighted by molar-refractivity contribution is -0.131. The zero-order chi connectivity index (χ0) is 15.0. The molecule has 6 nitrogen and oxygen atoms in total. The van der Waals surface area contributed by atoms with Gasteiger partial charge in [0, 0.05) is 25.6 Å². The van der Waals surface area contributed by atoms with Gasteiger partial charge in [-0.15, -0.1) is 0 Å². The molecule has 6 heteroatoms. The first-order chi connectivity index (χ1) is 10.1. The summed E-state index contributed by atoms with van der Waals surface area (Å²) in [6.07, 6.45) is 3.87. The molecule has 2 aliphatic heterocycles. The van der Waals surface area contributed by atoms with Crippen LogP contribution in [0.5, 0.6) is 0 Å². The van der Waals surface area contributed by atoms with Crippen molar-refractivity contribution >= 4 is 5.91 Å². The van der Waals surface area contributed by atoms with Gasteiger partial charge in [0.15, 0.2) is 5.82 Å². The van der Waals surface area contributed by atoms with Gasteiger partial charge in [-0.1, -0.05) is 6.92 Å². The summed E-state index contributed by atoms with van der Waals surface area (Å²) in [5.74, 6) is 2.14. The highest BCUT2D eigenvalue weighted by atomic mass is 16.2. The molecule has 2 atom stereocenters. The predicted octanol–water partition coefficient (Wildman–Crippen LogP) is 1.27. The van der Waals surface area contributed by atoms with Crippen LogP contribution in [0.15, 0.2) is 0 Å². The Morgan fingerprint density at radius 3 is 2.76 bits per heavy atom. The summed E-state index contributed by atoms with van der Waals surface area (Å²) in [6.45, 7) is 8.02. The summed E-state index contributed by atoms with van der Waals surface area (Å²) in [7, 11) is 0. The van der Waals surface area contributed by atoms with Crippen molar-refractivity contribution in [2.45, 2.75) is 71.1 Å². The van der Waals surface area contributed by atoms with Gasteiger partial charge in [0.1, 0.15) is 5.82 Å². The molecule has 0 aromatic carbocycles. The van der Waals surface area contributed by atoms with Gasteiger partial charge < -0.3 is 4.90 Å². The highest BCUT2D eigenvalue weighted by molar-refractivity contribution is 5.84. The number of hydrogen-bond donors (Lipinski definition) is 1. The van der Waals surface area contributed by atoms with Gasteiger partial charge >= 0.3 is 0 Å². The summed E-state index contributed by atoms with van der Waals surface area (Å²) in [6, 6.07) is 0.379. The first-order valence-corrected chi connectivity index (χ1v) is 8.10.